The molecule has 0 aliphatic rings. The molecule has 11 aromatic rings. The van der Waals surface area contributed by atoms with E-state index < -0.39 is 0 Å². The fourth-order valence-corrected chi connectivity index (χ4v) is 8.51. The largest absolute Gasteiger partial charge is 0.309 e. The molecule has 0 atom stereocenters. The van der Waals surface area contributed by atoms with E-state index in [1.807, 2.05) is 24.4 Å². The van der Waals surface area contributed by atoms with Crippen LogP contribution < -0.4 is 0 Å². The Morgan fingerprint density at radius 1 is 0.396 bits per heavy atom. The van der Waals surface area contributed by atoms with Gasteiger partial charge < -0.3 is 9.13 Å². The fraction of sp³-hybridized carbons (Fsp3) is 0. The summed E-state index contributed by atoms with van der Waals surface area (Å²) in [4.78, 5) is 5.06. The van der Waals surface area contributed by atoms with Gasteiger partial charge in [0.1, 0.15) is 5.82 Å². The molecule has 0 aliphatic heterocycles. The van der Waals surface area contributed by atoms with Crippen LogP contribution in [0.1, 0.15) is 5.56 Å². The lowest BCUT2D eigenvalue weighted by Crippen LogP contribution is -2.03. The highest BCUT2D eigenvalue weighted by molar-refractivity contribution is 6.13. The lowest BCUT2D eigenvalue weighted by atomic mass is 10.0. The van der Waals surface area contributed by atoms with Gasteiger partial charge in [0.2, 0.25) is 0 Å². The van der Waals surface area contributed by atoms with Crippen molar-refractivity contribution in [3.63, 3.8) is 0 Å². The standard InChI is InChI=1S/C48H29N5/c49-30-31-23-25-46(39(28-31)38-17-11-27-50-48(38)53-44-21-9-3-14-35(44)36-15-4-10-22-45(36)53)52-43-20-8-5-16-37(43)40-29-32(24-26-47(40)52)51-41-18-6-1-12-33(41)34-13-2-7-19-42(34)51/h1-29H. The average Bonchev–Trinajstić information content (AvgIpc) is 3.86. The minimum Gasteiger partial charge on any atom is -0.309 e. The topological polar surface area (TPSA) is 51.5 Å². The number of nitrogens with zero attached hydrogens (tertiary/aromatic N) is 5. The van der Waals surface area contributed by atoms with Gasteiger partial charge in [0.25, 0.3) is 0 Å². The third kappa shape index (κ3) is 4.21. The summed E-state index contributed by atoms with van der Waals surface area (Å²) in [5.41, 5.74) is 11.3. The molecule has 4 aromatic heterocycles. The third-order valence-corrected chi connectivity index (χ3v) is 10.7. The Morgan fingerprint density at radius 3 is 1.45 bits per heavy atom. The number of hydrogen-bond donors (Lipinski definition) is 0. The van der Waals surface area contributed by atoms with Crippen LogP contribution in [0.2, 0.25) is 0 Å². The number of rotatable bonds is 4. The Hall–Kier alpha value is -7.42. The molecule has 0 saturated heterocycles. The zero-order valence-corrected chi connectivity index (χ0v) is 28.5. The van der Waals surface area contributed by atoms with Gasteiger partial charge in [-0.3, -0.25) is 4.57 Å². The molecule has 5 heteroatoms. The van der Waals surface area contributed by atoms with Gasteiger partial charge in [-0.15, -0.1) is 0 Å². The summed E-state index contributed by atoms with van der Waals surface area (Å²) in [6.45, 7) is 0. The van der Waals surface area contributed by atoms with Gasteiger partial charge in [-0.2, -0.15) is 5.26 Å². The zero-order chi connectivity index (χ0) is 35.0. The molecule has 7 aromatic carbocycles. The van der Waals surface area contributed by atoms with Crippen molar-refractivity contribution in [3.05, 3.63) is 182 Å². The normalized spacial score (nSPS) is 11.8. The molecular weight excluding hydrogens is 647 g/mol. The Morgan fingerprint density at radius 2 is 0.887 bits per heavy atom. The predicted molar refractivity (Wildman–Crippen MR) is 217 cm³/mol. The number of aromatic nitrogens is 4. The number of para-hydroxylation sites is 5. The monoisotopic (exact) mass is 675 g/mol. The summed E-state index contributed by atoms with van der Waals surface area (Å²) >= 11 is 0. The van der Waals surface area contributed by atoms with Crippen LogP contribution in [-0.2, 0) is 0 Å². The summed E-state index contributed by atoms with van der Waals surface area (Å²) in [5, 5.41) is 17.3. The summed E-state index contributed by atoms with van der Waals surface area (Å²) in [7, 11) is 0. The minimum absolute atomic E-state index is 0.593. The van der Waals surface area contributed by atoms with E-state index in [0.717, 1.165) is 61.2 Å². The van der Waals surface area contributed by atoms with Crippen molar-refractivity contribution in [1.82, 2.24) is 18.7 Å². The van der Waals surface area contributed by atoms with Crippen molar-refractivity contribution in [2.24, 2.45) is 0 Å². The number of pyridine rings is 1. The van der Waals surface area contributed by atoms with Gasteiger partial charge in [-0.25, -0.2) is 4.98 Å². The van der Waals surface area contributed by atoms with Crippen molar-refractivity contribution in [2.75, 3.05) is 0 Å². The Bertz CT molecular complexity index is 3210. The third-order valence-electron chi connectivity index (χ3n) is 10.7. The van der Waals surface area contributed by atoms with Crippen LogP contribution in [0.5, 0.6) is 0 Å². The Kier molecular flexibility index (Phi) is 6.25. The molecule has 0 spiro atoms. The fourth-order valence-electron chi connectivity index (χ4n) is 8.51. The highest BCUT2D eigenvalue weighted by Gasteiger charge is 2.22. The molecule has 11 rings (SSSR count). The van der Waals surface area contributed by atoms with Gasteiger partial charge in [0.05, 0.1) is 50.4 Å². The summed E-state index contributed by atoms with van der Waals surface area (Å²) < 4.78 is 6.98. The van der Waals surface area contributed by atoms with E-state index in [2.05, 4.69) is 171 Å². The lowest BCUT2D eigenvalue weighted by Gasteiger charge is -2.18. The van der Waals surface area contributed by atoms with Gasteiger partial charge in [-0.1, -0.05) is 91.0 Å². The van der Waals surface area contributed by atoms with Crippen LogP contribution in [0.15, 0.2) is 176 Å². The SMILES string of the molecule is N#Cc1ccc(-n2c3ccccc3c3cc(-n4c5ccccc5c5ccccc54)ccc32)c(-c2cccnc2-n2c3ccccc3c3ccccc32)c1. The quantitative estimate of drug-likeness (QED) is 0.186. The van der Waals surface area contributed by atoms with Crippen LogP contribution in [0, 0.1) is 11.3 Å². The average molecular weight is 676 g/mol. The minimum atomic E-state index is 0.593. The Labute approximate surface area is 304 Å². The molecule has 0 saturated carbocycles. The molecule has 0 fully saturated rings. The van der Waals surface area contributed by atoms with Crippen LogP contribution in [0.25, 0.3) is 93.7 Å². The van der Waals surface area contributed by atoms with Gasteiger partial charge in [-0.05, 0) is 78.9 Å². The first-order valence-electron chi connectivity index (χ1n) is 17.8. The maximum Gasteiger partial charge on any atom is 0.145 e. The van der Waals surface area contributed by atoms with Crippen molar-refractivity contribution >= 4 is 65.4 Å². The smallest absolute Gasteiger partial charge is 0.145 e. The second-order valence-electron chi connectivity index (χ2n) is 13.5. The first-order chi connectivity index (χ1) is 26.3. The van der Waals surface area contributed by atoms with Crippen molar-refractivity contribution in [2.45, 2.75) is 0 Å². The van der Waals surface area contributed by atoms with E-state index in [0.29, 0.717) is 5.56 Å². The predicted octanol–water partition coefficient (Wildman–Crippen LogP) is 11.9. The number of hydrogen-bond acceptors (Lipinski definition) is 2. The molecule has 53 heavy (non-hydrogen) atoms. The number of benzene rings is 7. The van der Waals surface area contributed by atoms with Crippen LogP contribution >= 0.6 is 0 Å². The molecule has 0 radical (unpaired) electrons. The van der Waals surface area contributed by atoms with Crippen LogP contribution in [-0.4, -0.2) is 18.7 Å². The molecular formula is C48H29N5. The van der Waals surface area contributed by atoms with Gasteiger partial charge >= 0.3 is 0 Å². The molecule has 246 valence electrons. The lowest BCUT2D eigenvalue weighted by molar-refractivity contribution is 1.08. The van der Waals surface area contributed by atoms with E-state index in [1.165, 1.54) is 32.6 Å². The summed E-state index contributed by atoms with van der Waals surface area (Å²) in [6.07, 6.45) is 1.85. The molecule has 0 N–H and O–H groups in total. The first-order valence-corrected chi connectivity index (χ1v) is 17.8. The van der Waals surface area contributed by atoms with E-state index in [1.54, 1.807) is 0 Å². The highest BCUT2D eigenvalue weighted by Crippen LogP contribution is 2.41. The van der Waals surface area contributed by atoms with Crippen LogP contribution in [0.4, 0.5) is 0 Å². The van der Waals surface area contributed by atoms with Crippen LogP contribution in [0.3, 0.4) is 0 Å². The van der Waals surface area contributed by atoms with Gasteiger partial charge in [0, 0.05) is 55.3 Å². The van der Waals surface area contributed by atoms with Crippen molar-refractivity contribution in [1.29, 1.82) is 5.26 Å². The van der Waals surface area contributed by atoms with Crippen molar-refractivity contribution in [3.8, 4) is 34.4 Å². The Balaban J connectivity index is 1.19. The second kappa shape index (κ2) is 11.3. The zero-order valence-electron chi connectivity index (χ0n) is 28.5. The molecule has 0 unspecified atom stereocenters. The summed E-state index contributed by atoms with van der Waals surface area (Å²) in [5.74, 6) is 0.815. The number of nitriles is 1. The maximum atomic E-state index is 10.2. The summed E-state index contributed by atoms with van der Waals surface area (Å²) in [6, 6.07) is 62.2. The highest BCUT2D eigenvalue weighted by atomic mass is 15.1. The maximum absolute atomic E-state index is 10.2. The van der Waals surface area contributed by atoms with E-state index in [4.69, 9.17) is 4.98 Å². The first kappa shape index (κ1) is 29.3. The number of fused-ring (bicyclic) bond motifs is 9. The molecule has 0 aliphatic carbocycles. The van der Waals surface area contributed by atoms with E-state index in [9.17, 15) is 5.26 Å². The molecule has 4 heterocycles. The second-order valence-corrected chi connectivity index (χ2v) is 13.5. The molecule has 0 amide bonds. The molecule has 5 nitrogen and oxygen atoms in total. The van der Waals surface area contributed by atoms with Gasteiger partial charge in [0.15, 0.2) is 0 Å². The van der Waals surface area contributed by atoms with E-state index >= 15 is 0 Å². The van der Waals surface area contributed by atoms with E-state index in [-0.39, 0.29) is 0 Å². The molecule has 0 bridgehead atoms. The van der Waals surface area contributed by atoms with Crippen molar-refractivity contribution < 1.29 is 0 Å².